The molecule has 1 aromatic rings. The summed E-state index contributed by atoms with van der Waals surface area (Å²) in [7, 11) is 2.09. The van der Waals surface area contributed by atoms with Crippen LogP contribution in [0, 0.1) is 0 Å². The van der Waals surface area contributed by atoms with Crippen molar-refractivity contribution in [2.24, 2.45) is 0 Å². The molecular weight excluding hydrogens is 320 g/mol. The zero-order chi connectivity index (χ0) is 14.5. The van der Waals surface area contributed by atoms with Gasteiger partial charge in [0.25, 0.3) is 0 Å². The minimum atomic E-state index is 0.203. The smallest absolute Gasteiger partial charge is 0.0334 e. The van der Waals surface area contributed by atoms with Gasteiger partial charge >= 0.3 is 0 Å². The van der Waals surface area contributed by atoms with Gasteiger partial charge in [-0.1, -0.05) is 20.8 Å². The van der Waals surface area contributed by atoms with E-state index in [2.05, 4.69) is 72.3 Å². The van der Waals surface area contributed by atoms with Crippen molar-refractivity contribution in [2.45, 2.75) is 52.1 Å². The number of rotatable bonds is 8. The summed E-state index contributed by atoms with van der Waals surface area (Å²) in [6, 6.07) is 2.72. The van der Waals surface area contributed by atoms with Crippen molar-refractivity contribution in [3.63, 3.8) is 0 Å². The molecular formula is C15H27BrN2S. The maximum atomic E-state index is 3.55. The lowest BCUT2D eigenvalue weighted by atomic mass is 9.85. The Morgan fingerprint density at radius 3 is 2.37 bits per heavy atom. The zero-order valence-corrected chi connectivity index (χ0v) is 15.2. The first-order valence-corrected chi connectivity index (χ1v) is 8.84. The fourth-order valence-electron chi connectivity index (χ4n) is 2.93. The number of nitrogens with zero attached hydrogens (tertiary/aromatic N) is 1. The second-order valence-corrected chi connectivity index (χ2v) is 7.07. The Labute approximate surface area is 130 Å². The molecule has 2 unspecified atom stereocenters. The molecule has 0 amide bonds. The van der Waals surface area contributed by atoms with Crippen LogP contribution < -0.4 is 5.32 Å². The Morgan fingerprint density at radius 2 is 2.00 bits per heavy atom. The predicted octanol–water partition coefficient (Wildman–Crippen LogP) is 4.15. The lowest BCUT2D eigenvalue weighted by Gasteiger charge is -2.45. The molecule has 0 saturated carbocycles. The number of hydrogen-bond acceptors (Lipinski definition) is 3. The van der Waals surface area contributed by atoms with Crippen LogP contribution in [0.25, 0.3) is 0 Å². The lowest BCUT2D eigenvalue weighted by molar-refractivity contribution is 0.0733. The highest BCUT2D eigenvalue weighted by Crippen LogP contribution is 2.28. The van der Waals surface area contributed by atoms with Gasteiger partial charge in [0.1, 0.15) is 0 Å². The average molecular weight is 347 g/mol. The molecule has 0 spiro atoms. The molecule has 0 bridgehead atoms. The quantitative estimate of drug-likeness (QED) is 0.760. The summed E-state index contributed by atoms with van der Waals surface area (Å²) in [6.45, 7) is 11.4. The fourth-order valence-corrected chi connectivity index (χ4v) is 4.43. The van der Waals surface area contributed by atoms with Crippen LogP contribution in [-0.4, -0.2) is 36.6 Å². The summed E-state index contributed by atoms with van der Waals surface area (Å²) in [5, 5.41) is 5.72. The van der Waals surface area contributed by atoms with Crippen molar-refractivity contribution in [2.75, 3.05) is 20.1 Å². The van der Waals surface area contributed by atoms with Crippen LogP contribution >= 0.6 is 27.3 Å². The standard InChI is InChI=1S/C15H27BrN2S/c1-6-15(4,18(7-2)8-3)14(17-5)10-13-9-12(16)11-19-13/h9,11,14,17H,6-8,10H2,1-5H3. The Morgan fingerprint density at radius 1 is 1.37 bits per heavy atom. The molecule has 1 rings (SSSR count). The summed E-state index contributed by atoms with van der Waals surface area (Å²) in [4.78, 5) is 4.02. The van der Waals surface area contributed by atoms with E-state index in [-0.39, 0.29) is 5.54 Å². The maximum absolute atomic E-state index is 3.55. The van der Waals surface area contributed by atoms with Gasteiger partial charge < -0.3 is 5.32 Å². The molecule has 1 aromatic heterocycles. The first-order valence-electron chi connectivity index (χ1n) is 7.16. The molecule has 4 heteroatoms. The molecule has 2 nitrogen and oxygen atoms in total. The van der Waals surface area contributed by atoms with E-state index in [1.165, 1.54) is 9.35 Å². The third kappa shape index (κ3) is 4.03. The Hall–Kier alpha value is 0.1000. The molecule has 1 heterocycles. The molecule has 0 aromatic carbocycles. The van der Waals surface area contributed by atoms with Gasteiger partial charge in [-0.15, -0.1) is 11.3 Å². The highest BCUT2D eigenvalue weighted by Gasteiger charge is 2.36. The van der Waals surface area contributed by atoms with Gasteiger partial charge in [-0.25, -0.2) is 0 Å². The van der Waals surface area contributed by atoms with Crippen LogP contribution in [0.1, 0.15) is 39.0 Å². The van der Waals surface area contributed by atoms with Crippen LogP contribution in [0.5, 0.6) is 0 Å². The van der Waals surface area contributed by atoms with Gasteiger partial charge in [0.05, 0.1) is 0 Å². The predicted molar refractivity (Wildman–Crippen MR) is 90.2 cm³/mol. The number of thiophene rings is 1. The summed E-state index contributed by atoms with van der Waals surface area (Å²) < 4.78 is 1.20. The largest absolute Gasteiger partial charge is 0.315 e. The van der Waals surface area contributed by atoms with E-state index in [9.17, 15) is 0 Å². The van der Waals surface area contributed by atoms with Crippen LogP contribution in [0.2, 0.25) is 0 Å². The van der Waals surface area contributed by atoms with Crippen molar-refractivity contribution < 1.29 is 0 Å². The Bertz CT molecular complexity index is 376. The van der Waals surface area contributed by atoms with Crippen molar-refractivity contribution >= 4 is 27.3 Å². The Kier molecular flexibility index (Phi) is 7.01. The van der Waals surface area contributed by atoms with Crippen molar-refractivity contribution in [3.8, 4) is 0 Å². The molecule has 0 radical (unpaired) electrons. The third-order valence-corrected chi connectivity index (χ3v) is 6.05. The molecule has 19 heavy (non-hydrogen) atoms. The molecule has 0 aliphatic carbocycles. The van der Waals surface area contributed by atoms with Gasteiger partial charge in [0.2, 0.25) is 0 Å². The van der Waals surface area contributed by atoms with E-state index < -0.39 is 0 Å². The van der Waals surface area contributed by atoms with E-state index in [4.69, 9.17) is 0 Å². The number of halogens is 1. The van der Waals surface area contributed by atoms with Crippen LogP contribution in [-0.2, 0) is 6.42 Å². The normalized spacial score (nSPS) is 16.6. The molecule has 0 saturated heterocycles. The maximum Gasteiger partial charge on any atom is 0.0334 e. The van der Waals surface area contributed by atoms with Gasteiger partial charge in [-0.05, 0) is 61.9 Å². The van der Waals surface area contributed by atoms with E-state index in [0.29, 0.717) is 6.04 Å². The number of nitrogens with one attached hydrogen (secondary N) is 1. The van der Waals surface area contributed by atoms with Gasteiger partial charge in [-0.2, -0.15) is 0 Å². The van der Waals surface area contributed by atoms with Crippen molar-refractivity contribution in [1.82, 2.24) is 10.2 Å². The highest BCUT2D eigenvalue weighted by atomic mass is 79.9. The second kappa shape index (κ2) is 7.77. The minimum Gasteiger partial charge on any atom is -0.315 e. The molecule has 2 atom stereocenters. The van der Waals surface area contributed by atoms with Crippen LogP contribution in [0.4, 0.5) is 0 Å². The van der Waals surface area contributed by atoms with E-state index in [1.807, 2.05) is 11.3 Å². The second-order valence-electron chi connectivity index (χ2n) is 5.16. The summed E-state index contributed by atoms with van der Waals surface area (Å²) in [5.74, 6) is 0. The van der Waals surface area contributed by atoms with Crippen LogP contribution in [0.15, 0.2) is 15.9 Å². The van der Waals surface area contributed by atoms with E-state index in [0.717, 1.165) is 25.9 Å². The van der Waals surface area contributed by atoms with E-state index >= 15 is 0 Å². The van der Waals surface area contributed by atoms with Crippen molar-refractivity contribution in [3.05, 3.63) is 20.8 Å². The monoisotopic (exact) mass is 346 g/mol. The minimum absolute atomic E-state index is 0.203. The number of likely N-dealkylation sites (N-methyl/N-ethyl adjacent to an activating group) is 2. The summed E-state index contributed by atoms with van der Waals surface area (Å²) >= 11 is 5.39. The SMILES string of the molecule is CCN(CC)C(C)(CC)C(Cc1cc(Br)cs1)NC. The molecule has 0 aliphatic rings. The first kappa shape index (κ1) is 17.2. The molecule has 0 fully saturated rings. The van der Waals surface area contributed by atoms with Crippen LogP contribution in [0.3, 0.4) is 0 Å². The van der Waals surface area contributed by atoms with Crippen molar-refractivity contribution in [1.29, 1.82) is 0 Å². The topological polar surface area (TPSA) is 15.3 Å². The zero-order valence-electron chi connectivity index (χ0n) is 12.8. The molecule has 110 valence electrons. The number of hydrogen-bond donors (Lipinski definition) is 1. The Balaban J connectivity index is 2.91. The van der Waals surface area contributed by atoms with Gasteiger partial charge in [0, 0.05) is 26.3 Å². The highest BCUT2D eigenvalue weighted by molar-refractivity contribution is 9.10. The van der Waals surface area contributed by atoms with E-state index in [1.54, 1.807) is 0 Å². The first-order chi connectivity index (χ1) is 9.01. The summed E-state index contributed by atoms with van der Waals surface area (Å²) in [6.07, 6.45) is 2.25. The fraction of sp³-hybridized carbons (Fsp3) is 0.733. The van der Waals surface area contributed by atoms with Gasteiger partial charge in [-0.3, -0.25) is 4.90 Å². The molecule has 0 aliphatic heterocycles. The lowest BCUT2D eigenvalue weighted by Crippen LogP contribution is -2.59. The van der Waals surface area contributed by atoms with Gasteiger partial charge in [0.15, 0.2) is 0 Å². The average Bonchev–Trinajstić information content (AvgIpc) is 2.82. The molecule has 1 N–H and O–H groups in total. The third-order valence-electron chi connectivity index (χ3n) is 4.33. The summed E-state index contributed by atoms with van der Waals surface area (Å²) in [5.41, 5.74) is 0.203.